The van der Waals surface area contributed by atoms with Crippen molar-refractivity contribution in [1.82, 2.24) is 0 Å². The minimum Gasteiger partial charge on any atom is -0.505 e. The highest BCUT2D eigenvalue weighted by Gasteiger charge is 2.30. The maximum atomic E-state index is 14.2. The molecule has 2 saturated carbocycles. The van der Waals surface area contributed by atoms with Gasteiger partial charge in [0.1, 0.15) is 0 Å². The molecule has 0 saturated heterocycles. The Morgan fingerprint density at radius 3 is 2.00 bits per heavy atom. The Bertz CT molecular complexity index is 599. The van der Waals surface area contributed by atoms with Crippen molar-refractivity contribution in [3.05, 3.63) is 23.5 Å². The SMILES string of the molecule is CCCC1CCC(C2CCC(CCc3ccc(OCC)c(F)c3O)CC2)CC1. The van der Waals surface area contributed by atoms with Crippen molar-refractivity contribution >= 4 is 0 Å². The summed E-state index contributed by atoms with van der Waals surface area (Å²) in [6.07, 6.45) is 15.8. The molecule has 1 N–H and O–H groups in total. The molecule has 28 heavy (non-hydrogen) atoms. The van der Waals surface area contributed by atoms with Gasteiger partial charge in [-0.3, -0.25) is 0 Å². The first kappa shape index (κ1) is 21.5. The fourth-order valence-electron chi connectivity index (χ4n) is 5.72. The highest BCUT2D eigenvalue weighted by molar-refractivity contribution is 5.41. The van der Waals surface area contributed by atoms with Crippen LogP contribution < -0.4 is 4.74 Å². The topological polar surface area (TPSA) is 29.5 Å². The fourth-order valence-corrected chi connectivity index (χ4v) is 5.72. The largest absolute Gasteiger partial charge is 0.505 e. The van der Waals surface area contributed by atoms with Gasteiger partial charge in [0, 0.05) is 0 Å². The molecule has 0 radical (unpaired) electrons. The van der Waals surface area contributed by atoms with Crippen LogP contribution in [0.4, 0.5) is 4.39 Å². The second-order valence-corrected chi connectivity index (χ2v) is 9.21. The number of aromatic hydroxyl groups is 1. The predicted octanol–water partition coefficient (Wildman–Crippen LogP) is 7.28. The molecular weight excluding hydrogens is 351 g/mol. The molecule has 0 atom stereocenters. The van der Waals surface area contributed by atoms with Gasteiger partial charge in [0.15, 0.2) is 11.5 Å². The highest BCUT2D eigenvalue weighted by atomic mass is 19.1. The Labute approximate surface area is 170 Å². The van der Waals surface area contributed by atoms with Crippen LogP contribution in [0.5, 0.6) is 11.5 Å². The second-order valence-electron chi connectivity index (χ2n) is 9.21. The molecule has 0 aliphatic heterocycles. The lowest BCUT2D eigenvalue weighted by Crippen LogP contribution is -2.26. The molecule has 0 amide bonds. The summed E-state index contributed by atoms with van der Waals surface area (Å²) in [5.41, 5.74) is 0.720. The van der Waals surface area contributed by atoms with Gasteiger partial charge >= 0.3 is 0 Å². The van der Waals surface area contributed by atoms with E-state index in [-0.39, 0.29) is 11.5 Å². The van der Waals surface area contributed by atoms with E-state index >= 15 is 0 Å². The van der Waals surface area contributed by atoms with Crippen molar-refractivity contribution in [2.45, 2.75) is 90.9 Å². The summed E-state index contributed by atoms with van der Waals surface area (Å²) in [7, 11) is 0. The number of rotatable bonds is 8. The number of aryl methyl sites for hydroxylation is 1. The molecule has 0 unspecified atom stereocenters. The molecule has 1 aromatic carbocycles. The maximum absolute atomic E-state index is 14.2. The normalized spacial score (nSPS) is 28.2. The van der Waals surface area contributed by atoms with E-state index in [1.54, 1.807) is 6.07 Å². The van der Waals surface area contributed by atoms with Gasteiger partial charge in [-0.2, -0.15) is 4.39 Å². The molecule has 0 heterocycles. The average molecular weight is 391 g/mol. The van der Waals surface area contributed by atoms with Crippen molar-refractivity contribution in [2.24, 2.45) is 23.7 Å². The molecule has 2 aliphatic carbocycles. The third-order valence-electron chi connectivity index (χ3n) is 7.43. The van der Waals surface area contributed by atoms with Crippen molar-refractivity contribution in [3.8, 4) is 11.5 Å². The number of halogens is 1. The summed E-state index contributed by atoms with van der Waals surface area (Å²) in [6, 6.07) is 3.48. The third kappa shape index (κ3) is 5.42. The van der Waals surface area contributed by atoms with Crippen LogP contribution in [0.1, 0.15) is 90.0 Å². The zero-order valence-corrected chi connectivity index (χ0v) is 17.9. The number of hydrogen-bond donors (Lipinski definition) is 1. The van der Waals surface area contributed by atoms with Crippen LogP contribution in [0.15, 0.2) is 12.1 Å². The van der Waals surface area contributed by atoms with Crippen LogP contribution in [0.2, 0.25) is 0 Å². The molecule has 2 aliphatic rings. The van der Waals surface area contributed by atoms with E-state index in [0.717, 1.165) is 42.1 Å². The first-order chi connectivity index (χ1) is 13.6. The lowest BCUT2D eigenvalue weighted by molar-refractivity contribution is 0.141. The zero-order valence-electron chi connectivity index (χ0n) is 17.9. The molecular formula is C25H39FO2. The Hall–Kier alpha value is -1.25. The molecule has 2 fully saturated rings. The number of ether oxygens (including phenoxy) is 1. The van der Waals surface area contributed by atoms with Crippen molar-refractivity contribution < 1.29 is 14.2 Å². The number of phenols is 1. The van der Waals surface area contributed by atoms with Gasteiger partial charge in [0.2, 0.25) is 5.82 Å². The minimum absolute atomic E-state index is 0.151. The van der Waals surface area contributed by atoms with E-state index in [2.05, 4.69) is 6.92 Å². The molecule has 0 bridgehead atoms. The number of phenolic OH excluding ortho intramolecular Hbond substituents is 1. The maximum Gasteiger partial charge on any atom is 0.206 e. The quantitative estimate of drug-likeness (QED) is 0.505. The van der Waals surface area contributed by atoms with Crippen LogP contribution in [-0.2, 0) is 6.42 Å². The van der Waals surface area contributed by atoms with Gasteiger partial charge < -0.3 is 9.84 Å². The molecule has 2 nitrogen and oxygen atoms in total. The van der Waals surface area contributed by atoms with Crippen molar-refractivity contribution in [2.75, 3.05) is 6.61 Å². The monoisotopic (exact) mass is 390 g/mol. The van der Waals surface area contributed by atoms with Gasteiger partial charge in [-0.05, 0) is 80.8 Å². The van der Waals surface area contributed by atoms with Gasteiger partial charge in [-0.25, -0.2) is 0 Å². The average Bonchev–Trinajstić information content (AvgIpc) is 2.72. The molecule has 0 spiro atoms. The third-order valence-corrected chi connectivity index (χ3v) is 7.43. The van der Waals surface area contributed by atoms with E-state index in [0.29, 0.717) is 6.61 Å². The lowest BCUT2D eigenvalue weighted by Gasteiger charge is -2.38. The molecule has 1 aromatic rings. The van der Waals surface area contributed by atoms with Crippen LogP contribution >= 0.6 is 0 Å². The van der Waals surface area contributed by atoms with Gasteiger partial charge in [0.25, 0.3) is 0 Å². The van der Waals surface area contributed by atoms with E-state index in [1.165, 1.54) is 64.2 Å². The summed E-state index contributed by atoms with van der Waals surface area (Å²) in [5, 5.41) is 10.2. The van der Waals surface area contributed by atoms with E-state index in [1.807, 2.05) is 13.0 Å². The van der Waals surface area contributed by atoms with E-state index in [4.69, 9.17) is 4.74 Å². The van der Waals surface area contributed by atoms with Gasteiger partial charge in [0.05, 0.1) is 6.61 Å². The number of benzene rings is 1. The summed E-state index contributed by atoms with van der Waals surface area (Å²) >= 11 is 0. The highest BCUT2D eigenvalue weighted by Crippen LogP contribution is 2.43. The summed E-state index contributed by atoms with van der Waals surface area (Å²) in [4.78, 5) is 0. The lowest BCUT2D eigenvalue weighted by atomic mass is 9.68. The first-order valence-electron chi connectivity index (χ1n) is 11.7. The smallest absolute Gasteiger partial charge is 0.206 e. The van der Waals surface area contributed by atoms with Crippen LogP contribution in [0, 0.1) is 29.5 Å². The summed E-state index contributed by atoms with van der Waals surface area (Å²) in [6.45, 7) is 4.53. The summed E-state index contributed by atoms with van der Waals surface area (Å²) in [5.74, 6) is 2.96. The Morgan fingerprint density at radius 1 is 0.893 bits per heavy atom. The van der Waals surface area contributed by atoms with E-state index in [9.17, 15) is 9.50 Å². The van der Waals surface area contributed by atoms with Gasteiger partial charge in [-0.1, -0.05) is 51.5 Å². The molecule has 3 rings (SSSR count). The van der Waals surface area contributed by atoms with Crippen LogP contribution in [0.25, 0.3) is 0 Å². The van der Waals surface area contributed by atoms with Gasteiger partial charge in [-0.15, -0.1) is 0 Å². The number of hydrogen-bond acceptors (Lipinski definition) is 2. The first-order valence-corrected chi connectivity index (χ1v) is 11.7. The predicted molar refractivity (Wildman–Crippen MR) is 113 cm³/mol. The standard InChI is InChI=1S/C25H39FO2/c1-3-5-18-6-11-20(12-7-18)21-13-8-19(9-14-21)10-15-22-16-17-23(28-4-2)24(26)25(22)27/h16-21,27H,3-15H2,1-2H3. The van der Waals surface area contributed by atoms with Crippen molar-refractivity contribution in [3.63, 3.8) is 0 Å². The Morgan fingerprint density at radius 2 is 1.46 bits per heavy atom. The fraction of sp³-hybridized carbons (Fsp3) is 0.760. The Kier molecular flexibility index (Phi) is 8.05. The van der Waals surface area contributed by atoms with Crippen molar-refractivity contribution in [1.29, 1.82) is 0 Å². The molecule has 3 heteroatoms. The second kappa shape index (κ2) is 10.5. The van der Waals surface area contributed by atoms with Crippen LogP contribution in [-0.4, -0.2) is 11.7 Å². The molecule has 0 aromatic heterocycles. The molecule has 158 valence electrons. The summed E-state index contributed by atoms with van der Waals surface area (Å²) < 4.78 is 19.4. The van der Waals surface area contributed by atoms with E-state index < -0.39 is 5.82 Å². The van der Waals surface area contributed by atoms with Crippen LogP contribution in [0.3, 0.4) is 0 Å². The zero-order chi connectivity index (χ0) is 19.9. The Balaban J connectivity index is 1.42. The minimum atomic E-state index is -0.610.